The minimum Gasteiger partial charge on any atom is -0.349 e. The van der Waals surface area contributed by atoms with Gasteiger partial charge in [-0.15, -0.1) is 10.1 Å². The summed E-state index contributed by atoms with van der Waals surface area (Å²) < 4.78 is 38.1. The quantitative estimate of drug-likeness (QED) is 0.123. The van der Waals surface area contributed by atoms with Crippen molar-refractivity contribution in [2.24, 2.45) is 10.4 Å². The number of nitrogens with zero attached hydrogens (tertiary/aromatic N) is 3. The van der Waals surface area contributed by atoms with Gasteiger partial charge in [0.25, 0.3) is 23.6 Å². The van der Waals surface area contributed by atoms with Crippen molar-refractivity contribution in [1.29, 1.82) is 0 Å². The zero-order valence-electron chi connectivity index (χ0n) is 23.4. The van der Waals surface area contributed by atoms with Gasteiger partial charge < -0.3 is 24.1 Å². The topological polar surface area (TPSA) is 192 Å². The van der Waals surface area contributed by atoms with Gasteiger partial charge in [-0.1, -0.05) is 0 Å². The molecule has 3 aliphatic heterocycles. The van der Waals surface area contributed by atoms with Crippen LogP contribution in [0.2, 0.25) is 0 Å². The van der Waals surface area contributed by atoms with Crippen LogP contribution >= 0.6 is 0 Å². The minimum atomic E-state index is -1.65. The number of amides is 4. The lowest BCUT2D eigenvalue weighted by Gasteiger charge is -2.44. The Labute approximate surface area is 247 Å². The highest BCUT2D eigenvalue weighted by Crippen LogP contribution is 2.34. The third-order valence-corrected chi connectivity index (χ3v) is 9.90. The van der Waals surface area contributed by atoms with Crippen LogP contribution in [0.3, 0.4) is 0 Å². The van der Waals surface area contributed by atoms with Crippen molar-refractivity contribution in [3.63, 3.8) is 0 Å². The molecular weight excluding hydrogens is 598 g/mol. The van der Waals surface area contributed by atoms with Crippen LogP contribution in [-0.2, 0) is 69.5 Å². The number of carbonyl (C=O) groups is 6. The third kappa shape index (κ3) is 9.57. The molecule has 3 saturated heterocycles. The van der Waals surface area contributed by atoms with Crippen LogP contribution in [0, 0.1) is 5.41 Å². The summed E-state index contributed by atoms with van der Waals surface area (Å²) in [5.41, 5.74) is -0.999. The Bertz CT molecular complexity index is 1050. The first-order chi connectivity index (χ1) is 19.8. The largest absolute Gasteiger partial charge is 0.349 e. The zero-order valence-corrected chi connectivity index (χ0v) is 25.0. The number of aliphatic imine (C=N–C) groups is 1. The number of hydrogen-bond acceptors (Lipinski definition) is 13. The van der Waals surface area contributed by atoms with Crippen molar-refractivity contribution < 1.29 is 56.3 Å². The first-order valence-corrected chi connectivity index (χ1v) is 16.4. The molecule has 0 spiro atoms. The van der Waals surface area contributed by atoms with Crippen LogP contribution in [0.25, 0.3) is 0 Å². The summed E-state index contributed by atoms with van der Waals surface area (Å²) in [5.74, 6) is -5.65. The molecule has 2 unspecified atom stereocenters. The second-order valence-corrected chi connectivity index (χ2v) is 13.6. The number of ether oxygens (including phenoxy) is 2. The molecule has 17 heteroatoms. The van der Waals surface area contributed by atoms with Gasteiger partial charge in [-0.3, -0.25) is 27.6 Å². The molecule has 2 atom stereocenters. The molecule has 3 heterocycles. The summed E-state index contributed by atoms with van der Waals surface area (Å²) in [4.78, 5) is 84.4. The molecular formula is C25H35N3O12S2. The van der Waals surface area contributed by atoms with E-state index in [1.807, 2.05) is 0 Å². The van der Waals surface area contributed by atoms with E-state index >= 15 is 0 Å². The lowest BCUT2D eigenvalue weighted by Crippen LogP contribution is -2.53. The van der Waals surface area contributed by atoms with Crippen molar-refractivity contribution in [3.05, 3.63) is 0 Å². The summed E-state index contributed by atoms with van der Waals surface area (Å²) in [6.07, 6.45) is 0.292. The second-order valence-electron chi connectivity index (χ2n) is 10.4. The van der Waals surface area contributed by atoms with Crippen LogP contribution in [0.5, 0.6) is 0 Å². The van der Waals surface area contributed by atoms with Crippen LogP contribution in [-0.4, -0.2) is 109 Å². The van der Waals surface area contributed by atoms with E-state index in [0.717, 1.165) is 0 Å². The molecule has 0 aliphatic carbocycles. The Morgan fingerprint density at radius 1 is 0.833 bits per heavy atom. The average Bonchev–Trinajstić information content (AvgIpc) is 3.43. The van der Waals surface area contributed by atoms with E-state index in [1.54, 1.807) is 6.92 Å². The molecule has 0 N–H and O–H groups in total. The molecule has 0 bridgehead atoms. The summed E-state index contributed by atoms with van der Waals surface area (Å²) in [6, 6.07) is 0. The Kier molecular flexibility index (Phi) is 12.0. The maximum Gasteiger partial charge on any atom is 0.334 e. The highest BCUT2D eigenvalue weighted by molar-refractivity contribution is 7.86. The van der Waals surface area contributed by atoms with Crippen LogP contribution in [0.4, 0.5) is 0 Å². The molecule has 0 saturated carbocycles. The molecule has 15 nitrogen and oxygen atoms in total. The van der Waals surface area contributed by atoms with Crippen molar-refractivity contribution in [2.75, 3.05) is 42.8 Å². The lowest BCUT2D eigenvalue weighted by molar-refractivity contribution is -0.290. The SMILES string of the molecule is C=NCCCC1(C)OCC(CS(=O)CCC(=O)ON2C(=O)CCC2=O)(CS(=O)CCC(=O)ON2C(=O)CCC2=O)CO1. The van der Waals surface area contributed by atoms with E-state index in [-0.39, 0.29) is 74.8 Å². The average molecular weight is 634 g/mol. The van der Waals surface area contributed by atoms with Crippen LogP contribution < -0.4 is 0 Å². The van der Waals surface area contributed by atoms with Gasteiger partial charge in [0, 0.05) is 88.7 Å². The standard InChI is InChI=1S/C25H35N3O12S2/c1-24(10-3-11-26-2)37-14-25(15-38-24,16-41(35)12-8-22(33)39-27-18(29)4-5-19(27)30)17-42(36)13-9-23(34)40-28-20(31)6-7-21(28)32/h2-17H2,1H3. The molecule has 3 rings (SSSR count). The van der Waals surface area contributed by atoms with Crippen LogP contribution in [0.1, 0.15) is 58.3 Å². The molecule has 234 valence electrons. The van der Waals surface area contributed by atoms with E-state index in [1.165, 1.54) is 0 Å². The first-order valence-electron chi connectivity index (χ1n) is 13.4. The molecule has 3 aliphatic rings. The number of rotatable bonds is 16. The van der Waals surface area contributed by atoms with Gasteiger partial charge in [-0.05, 0) is 20.1 Å². The molecule has 0 radical (unpaired) electrons. The van der Waals surface area contributed by atoms with Gasteiger partial charge >= 0.3 is 11.9 Å². The van der Waals surface area contributed by atoms with E-state index in [9.17, 15) is 37.2 Å². The highest BCUT2D eigenvalue weighted by Gasteiger charge is 2.44. The van der Waals surface area contributed by atoms with E-state index in [2.05, 4.69) is 11.7 Å². The van der Waals surface area contributed by atoms with Gasteiger partial charge in [0.05, 0.1) is 26.1 Å². The molecule has 3 fully saturated rings. The summed E-state index contributed by atoms with van der Waals surface area (Å²) in [6.45, 7) is 5.78. The number of carbonyl (C=O) groups excluding carboxylic acids is 6. The first kappa shape index (κ1) is 33.6. The predicted octanol–water partition coefficient (Wildman–Crippen LogP) is -0.291. The van der Waals surface area contributed by atoms with Gasteiger partial charge in [0.2, 0.25) is 0 Å². The molecule has 0 aromatic carbocycles. The smallest absolute Gasteiger partial charge is 0.334 e. The third-order valence-electron chi connectivity index (χ3n) is 6.71. The Morgan fingerprint density at radius 2 is 1.24 bits per heavy atom. The van der Waals surface area contributed by atoms with Gasteiger partial charge in [0.1, 0.15) is 0 Å². The van der Waals surface area contributed by atoms with Gasteiger partial charge in [-0.2, -0.15) is 0 Å². The monoisotopic (exact) mass is 633 g/mol. The Balaban J connectivity index is 1.56. The lowest BCUT2D eigenvalue weighted by atomic mass is 9.93. The fourth-order valence-electron chi connectivity index (χ4n) is 4.39. The van der Waals surface area contributed by atoms with E-state index < -0.39 is 68.4 Å². The second kappa shape index (κ2) is 15.0. The number of hydrogen-bond donors (Lipinski definition) is 0. The zero-order chi connectivity index (χ0) is 30.9. The van der Waals surface area contributed by atoms with Crippen LogP contribution in [0.15, 0.2) is 4.99 Å². The predicted molar refractivity (Wildman–Crippen MR) is 146 cm³/mol. The molecule has 0 aromatic rings. The summed E-state index contributed by atoms with van der Waals surface area (Å²) >= 11 is 0. The van der Waals surface area contributed by atoms with E-state index in [0.29, 0.717) is 29.5 Å². The van der Waals surface area contributed by atoms with Gasteiger partial charge in [0.15, 0.2) is 5.79 Å². The summed E-state index contributed by atoms with van der Waals surface area (Å²) in [7, 11) is -3.30. The normalized spacial score (nSPS) is 25.9. The number of hydroxylamine groups is 4. The fourth-order valence-corrected chi connectivity index (χ4v) is 7.50. The fraction of sp³-hybridized carbons (Fsp3) is 0.720. The molecule has 0 aromatic heterocycles. The van der Waals surface area contributed by atoms with Crippen molar-refractivity contribution in [2.45, 2.75) is 64.1 Å². The molecule has 4 amide bonds. The van der Waals surface area contributed by atoms with Crippen molar-refractivity contribution in [3.8, 4) is 0 Å². The number of imide groups is 2. The maximum atomic E-state index is 13.0. The van der Waals surface area contributed by atoms with E-state index in [4.69, 9.17) is 19.1 Å². The minimum absolute atomic E-state index is 0.0327. The highest BCUT2D eigenvalue weighted by atomic mass is 32.2. The maximum absolute atomic E-state index is 13.0. The Morgan fingerprint density at radius 3 is 1.62 bits per heavy atom. The van der Waals surface area contributed by atoms with Crippen molar-refractivity contribution in [1.82, 2.24) is 10.1 Å². The van der Waals surface area contributed by atoms with Crippen molar-refractivity contribution >= 4 is 63.9 Å². The Hall–Kier alpha value is -2.89. The summed E-state index contributed by atoms with van der Waals surface area (Å²) in [5, 5.41) is 0.837. The molecule has 42 heavy (non-hydrogen) atoms. The van der Waals surface area contributed by atoms with Gasteiger partial charge in [-0.25, -0.2) is 9.59 Å².